The van der Waals surface area contributed by atoms with Gasteiger partial charge in [0.15, 0.2) is 0 Å². The molecule has 5 heteroatoms. The molecule has 2 aromatic heterocycles. The summed E-state index contributed by atoms with van der Waals surface area (Å²) in [5.74, 6) is -0.0233. The number of nitrogens with one attached hydrogen (secondary N) is 1. The van der Waals surface area contributed by atoms with Crippen molar-refractivity contribution >= 4 is 16.9 Å². The third kappa shape index (κ3) is 1.89. The van der Waals surface area contributed by atoms with E-state index in [-0.39, 0.29) is 5.91 Å². The average Bonchev–Trinajstić information content (AvgIpc) is 2.86. The van der Waals surface area contributed by atoms with E-state index in [4.69, 9.17) is 4.74 Å². The number of aromatic amines is 1. The van der Waals surface area contributed by atoms with Crippen molar-refractivity contribution in [3.63, 3.8) is 0 Å². The molecule has 2 aromatic rings. The molecular formula is C12H13N3O2. The van der Waals surface area contributed by atoms with E-state index in [1.54, 1.807) is 11.0 Å². The normalized spacial score (nSPS) is 16.4. The van der Waals surface area contributed by atoms with Crippen molar-refractivity contribution in [2.24, 2.45) is 0 Å². The van der Waals surface area contributed by atoms with Gasteiger partial charge in [0.25, 0.3) is 5.91 Å². The van der Waals surface area contributed by atoms with Crippen LogP contribution in [-0.4, -0.2) is 47.1 Å². The summed E-state index contributed by atoms with van der Waals surface area (Å²) in [5, 5.41) is 1.02. The Morgan fingerprint density at radius 2 is 2.12 bits per heavy atom. The summed E-state index contributed by atoms with van der Waals surface area (Å²) in [4.78, 5) is 21.3. The fourth-order valence-corrected chi connectivity index (χ4v) is 1.98. The molecule has 1 fully saturated rings. The quantitative estimate of drug-likeness (QED) is 0.797. The first-order valence-electron chi connectivity index (χ1n) is 5.66. The van der Waals surface area contributed by atoms with Gasteiger partial charge in [0.05, 0.1) is 13.2 Å². The third-order valence-corrected chi connectivity index (χ3v) is 2.93. The van der Waals surface area contributed by atoms with E-state index >= 15 is 0 Å². The lowest BCUT2D eigenvalue weighted by atomic mass is 10.2. The van der Waals surface area contributed by atoms with E-state index in [0.29, 0.717) is 32.0 Å². The molecule has 1 aliphatic rings. The number of rotatable bonds is 1. The molecule has 1 saturated heterocycles. The van der Waals surface area contributed by atoms with Gasteiger partial charge >= 0.3 is 0 Å². The van der Waals surface area contributed by atoms with Crippen LogP contribution in [0.1, 0.15) is 10.5 Å². The number of carbonyl (C=O) groups excluding carboxylic acids is 1. The van der Waals surface area contributed by atoms with Gasteiger partial charge in [-0.15, -0.1) is 0 Å². The van der Waals surface area contributed by atoms with E-state index in [9.17, 15) is 4.79 Å². The van der Waals surface area contributed by atoms with Gasteiger partial charge in [-0.3, -0.25) is 4.79 Å². The maximum Gasteiger partial charge on any atom is 0.272 e. The van der Waals surface area contributed by atoms with Crippen molar-refractivity contribution in [3.05, 3.63) is 30.1 Å². The molecular weight excluding hydrogens is 218 g/mol. The first-order valence-corrected chi connectivity index (χ1v) is 5.66. The smallest absolute Gasteiger partial charge is 0.272 e. The number of hydrogen-bond acceptors (Lipinski definition) is 3. The monoisotopic (exact) mass is 231 g/mol. The van der Waals surface area contributed by atoms with Crippen molar-refractivity contribution in [2.75, 3.05) is 26.3 Å². The molecule has 0 radical (unpaired) electrons. The number of morpholine rings is 1. The van der Waals surface area contributed by atoms with E-state index in [2.05, 4.69) is 9.97 Å². The van der Waals surface area contributed by atoms with Gasteiger partial charge in [0.1, 0.15) is 11.3 Å². The summed E-state index contributed by atoms with van der Waals surface area (Å²) >= 11 is 0. The Labute approximate surface area is 98.4 Å². The van der Waals surface area contributed by atoms with Crippen LogP contribution in [-0.2, 0) is 4.74 Å². The number of fused-ring (bicyclic) bond motifs is 1. The summed E-state index contributed by atoms with van der Waals surface area (Å²) in [6.07, 6.45) is 1.82. The van der Waals surface area contributed by atoms with Crippen LogP contribution in [0.2, 0.25) is 0 Å². The zero-order valence-electron chi connectivity index (χ0n) is 9.35. The minimum atomic E-state index is -0.0233. The van der Waals surface area contributed by atoms with Crippen LogP contribution in [0.15, 0.2) is 24.4 Å². The molecule has 5 nitrogen and oxygen atoms in total. The van der Waals surface area contributed by atoms with Gasteiger partial charge in [-0.2, -0.15) is 0 Å². The highest BCUT2D eigenvalue weighted by Gasteiger charge is 2.19. The highest BCUT2D eigenvalue weighted by molar-refractivity contribution is 5.94. The Kier molecular flexibility index (Phi) is 2.53. The molecule has 88 valence electrons. The number of hydrogen-bond donors (Lipinski definition) is 1. The molecule has 0 unspecified atom stereocenters. The molecule has 17 heavy (non-hydrogen) atoms. The van der Waals surface area contributed by atoms with Crippen LogP contribution in [0.5, 0.6) is 0 Å². The highest BCUT2D eigenvalue weighted by atomic mass is 16.5. The fourth-order valence-electron chi connectivity index (χ4n) is 1.98. The Balaban J connectivity index is 1.88. The number of pyridine rings is 1. The lowest BCUT2D eigenvalue weighted by molar-refractivity contribution is 0.0299. The Bertz CT molecular complexity index is 543. The van der Waals surface area contributed by atoms with E-state index in [1.807, 2.05) is 18.3 Å². The van der Waals surface area contributed by atoms with Crippen LogP contribution in [0.3, 0.4) is 0 Å². The molecule has 0 bridgehead atoms. The van der Waals surface area contributed by atoms with Crippen molar-refractivity contribution in [3.8, 4) is 0 Å². The van der Waals surface area contributed by atoms with Crippen LogP contribution in [0, 0.1) is 0 Å². The minimum absolute atomic E-state index is 0.0233. The number of carbonyl (C=O) groups is 1. The Morgan fingerprint density at radius 3 is 2.94 bits per heavy atom. The second kappa shape index (κ2) is 4.18. The van der Waals surface area contributed by atoms with Gasteiger partial charge in [-0.1, -0.05) is 0 Å². The SMILES string of the molecule is O=C(c1ccc2cc[nH]c2n1)N1CCOCC1. The number of aromatic nitrogens is 2. The van der Waals surface area contributed by atoms with Crippen LogP contribution >= 0.6 is 0 Å². The predicted molar refractivity (Wildman–Crippen MR) is 62.8 cm³/mol. The molecule has 0 spiro atoms. The van der Waals surface area contributed by atoms with Crippen molar-refractivity contribution in [2.45, 2.75) is 0 Å². The molecule has 0 saturated carbocycles. The molecule has 1 amide bonds. The van der Waals surface area contributed by atoms with E-state index < -0.39 is 0 Å². The van der Waals surface area contributed by atoms with E-state index in [1.165, 1.54) is 0 Å². The Morgan fingerprint density at radius 1 is 1.29 bits per heavy atom. The average molecular weight is 231 g/mol. The molecule has 3 heterocycles. The van der Waals surface area contributed by atoms with Crippen molar-refractivity contribution in [1.82, 2.24) is 14.9 Å². The second-order valence-electron chi connectivity index (χ2n) is 4.02. The number of H-pyrrole nitrogens is 1. The maximum atomic E-state index is 12.2. The minimum Gasteiger partial charge on any atom is -0.378 e. The third-order valence-electron chi connectivity index (χ3n) is 2.93. The molecule has 0 aliphatic carbocycles. The summed E-state index contributed by atoms with van der Waals surface area (Å²) in [6, 6.07) is 5.62. The van der Waals surface area contributed by atoms with Gasteiger partial charge in [0, 0.05) is 24.7 Å². The summed E-state index contributed by atoms with van der Waals surface area (Å²) in [5.41, 5.74) is 1.24. The topological polar surface area (TPSA) is 58.2 Å². The Hall–Kier alpha value is -1.88. The van der Waals surface area contributed by atoms with Gasteiger partial charge in [-0.25, -0.2) is 4.98 Å². The zero-order valence-corrected chi connectivity index (χ0v) is 9.35. The summed E-state index contributed by atoms with van der Waals surface area (Å²) < 4.78 is 5.22. The second-order valence-corrected chi connectivity index (χ2v) is 4.02. The van der Waals surface area contributed by atoms with Crippen LogP contribution < -0.4 is 0 Å². The standard InChI is InChI=1S/C12H13N3O2/c16-12(15-5-7-17-8-6-15)10-2-1-9-3-4-13-11(9)14-10/h1-4H,5-8H2,(H,13,14). The first kappa shape index (κ1) is 10.3. The molecule has 1 N–H and O–H groups in total. The van der Waals surface area contributed by atoms with Crippen LogP contribution in [0.25, 0.3) is 11.0 Å². The van der Waals surface area contributed by atoms with Crippen molar-refractivity contribution < 1.29 is 9.53 Å². The fraction of sp³-hybridized carbons (Fsp3) is 0.333. The predicted octanol–water partition coefficient (Wildman–Crippen LogP) is 1.04. The maximum absolute atomic E-state index is 12.2. The van der Waals surface area contributed by atoms with Gasteiger partial charge < -0.3 is 14.6 Å². The number of ether oxygens (including phenoxy) is 1. The largest absolute Gasteiger partial charge is 0.378 e. The van der Waals surface area contributed by atoms with E-state index in [0.717, 1.165) is 11.0 Å². The first-order chi connectivity index (χ1) is 8.34. The summed E-state index contributed by atoms with van der Waals surface area (Å²) in [6.45, 7) is 2.50. The summed E-state index contributed by atoms with van der Waals surface area (Å²) in [7, 11) is 0. The zero-order chi connectivity index (χ0) is 11.7. The number of amides is 1. The number of nitrogens with zero attached hydrogens (tertiary/aromatic N) is 2. The molecule has 1 aliphatic heterocycles. The van der Waals surface area contributed by atoms with Gasteiger partial charge in [-0.05, 0) is 18.2 Å². The van der Waals surface area contributed by atoms with Crippen LogP contribution in [0.4, 0.5) is 0 Å². The molecule has 0 aromatic carbocycles. The molecule has 0 atom stereocenters. The molecule has 3 rings (SSSR count). The highest BCUT2D eigenvalue weighted by Crippen LogP contribution is 2.12. The van der Waals surface area contributed by atoms with Gasteiger partial charge in [0.2, 0.25) is 0 Å². The lowest BCUT2D eigenvalue weighted by Gasteiger charge is -2.26. The van der Waals surface area contributed by atoms with Crippen molar-refractivity contribution in [1.29, 1.82) is 0 Å². The lowest BCUT2D eigenvalue weighted by Crippen LogP contribution is -2.41.